The first-order valence-electron chi connectivity index (χ1n) is 10.3. The van der Waals surface area contributed by atoms with Crippen LogP contribution in [0.4, 0.5) is 0 Å². The standard InChI is InChI=1S/C25H19N5O2S/c1-33(31)21-9-7-20(8-10-21)30-16-27-22-11-6-19(14-23(22)30)25-29-28-24(32-25)12-5-17-3-2-4-18(13-17)15-26/h2-4,6-11,13-14,16H,5,12H2,1H3. The van der Waals surface area contributed by atoms with Gasteiger partial charge in [0.2, 0.25) is 11.8 Å². The number of aromatic nitrogens is 4. The van der Waals surface area contributed by atoms with E-state index < -0.39 is 10.8 Å². The number of nitriles is 1. The summed E-state index contributed by atoms with van der Waals surface area (Å²) in [7, 11) is -1.02. The molecule has 8 heteroatoms. The van der Waals surface area contributed by atoms with Crippen molar-refractivity contribution in [1.29, 1.82) is 5.26 Å². The Bertz CT molecular complexity index is 1510. The average Bonchev–Trinajstić information content (AvgIpc) is 3.50. The molecule has 0 spiro atoms. The molecule has 7 nitrogen and oxygen atoms in total. The lowest BCUT2D eigenvalue weighted by atomic mass is 10.1. The Labute approximate surface area is 192 Å². The van der Waals surface area contributed by atoms with Crippen molar-refractivity contribution in [3.05, 3.63) is 90.1 Å². The smallest absolute Gasteiger partial charge is 0.247 e. The van der Waals surface area contributed by atoms with E-state index >= 15 is 0 Å². The van der Waals surface area contributed by atoms with Crippen molar-refractivity contribution in [1.82, 2.24) is 19.7 Å². The van der Waals surface area contributed by atoms with Crippen LogP contribution in [0.2, 0.25) is 0 Å². The molecule has 0 radical (unpaired) electrons. The molecule has 0 aliphatic carbocycles. The van der Waals surface area contributed by atoms with Gasteiger partial charge in [0.25, 0.3) is 0 Å². The van der Waals surface area contributed by atoms with Crippen LogP contribution in [0.5, 0.6) is 0 Å². The third-order valence-electron chi connectivity index (χ3n) is 5.39. The lowest BCUT2D eigenvalue weighted by molar-refractivity contribution is 0.504. The van der Waals surface area contributed by atoms with Crippen LogP contribution in [-0.4, -0.2) is 30.2 Å². The Morgan fingerprint density at radius 2 is 1.88 bits per heavy atom. The predicted octanol–water partition coefficient (Wildman–Crippen LogP) is 4.47. The molecular weight excluding hydrogens is 434 g/mol. The zero-order valence-electron chi connectivity index (χ0n) is 17.8. The zero-order valence-corrected chi connectivity index (χ0v) is 18.6. The molecule has 162 valence electrons. The highest BCUT2D eigenvalue weighted by Crippen LogP contribution is 2.26. The van der Waals surface area contributed by atoms with E-state index in [9.17, 15) is 4.21 Å². The lowest BCUT2D eigenvalue weighted by Crippen LogP contribution is -1.94. The molecule has 0 aliphatic rings. The molecule has 1 atom stereocenters. The highest BCUT2D eigenvalue weighted by molar-refractivity contribution is 7.84. The van der Waals surface area contributed by atoms with Crippen molar-refractivity contribution in [3.63, 3.8) is 0 Å². The maximum Gasteiger partial charge on any atom is 0.247 e. The van der Waals surface area contributed by atoms with Crippen LogP contribution in [0.15, 0.2) is 82.4 Å². The van der Waals surface area contributed by atoms with Crippen LogP contribution in [-0.2, 0) is 23.6 Å². The van der Waals surface area contributed by atoms with Gasteiger partial charge in [0.05, 0.1) is 22.7 Å². The summed E-state index contributed by atoms with van der Waals surface area (Å²) in [6, 6.07) is 23.1. The van der Waals surface area contributed by atoms with E-state index in [1.807, 2.05) is 65.2 Å². The van der Waals surface area contributed by atoms with Crippen molar-refractivity contribution in [3.8, 4) is 23.2 Å². The zero-order chi connectivity index (χ0) is 22.8. The van der Waals surface area contributed by atoms with Crippen LogP contribution in [0.1, 0.15) is 17.0 Å². The van der Waals surface area contributed by atoms with Crippen molar-refractivity contribution in [2.45, 2.75) is 17.7 Å². The Morgan fingerprint density at radius 1 is 1.03 bits per heavy atom. The summed E-state index contributed by atoms with van der Waals surface area (Å²) < 4.78 is 19.6. The fourth-order valence-corrected chi connectivity index (χ4v) is 4.18. The average molecular weight is 454 g/mol. The SMILES string of the molecule is CS(=O)c1ccc(-n2cnc3ccc(-c4nnc(CCc5cccc(C#N)c5)o4)cc32)cc1. The van der Waals surface area contributed by atoms with Gasteiger partial charge < -0.3 is 4.42 Å². The predicted molar refractivity (Wildman–Crippen MR) is 125 cm³/mol. The molecule has 5 aromatic rings. The van der Waals surface area contributed by atoms with Crippen molar-refractivity contribution >= 4 is 21.8 Å². The number of aryl methyl sites for hydroxylation is 2. The van der Waals surface area contributed by atoms with Crippen LogP contribution in [0.25, 0.3) is 28.2 Å². The van der Waals surface area contributed by atoms with Gasteiger partial charge in [-0.2, -0.15) is 5.26 Å². The number of nitrogens with zero attached hydrogens (tertiary/aromatic N) is 5. The summed E-state index contributed by atoms with van der Waals surface area (Å²) in [5.74, 6) is 0.992. The topological polar surface area (TPSA) is 97.6 Å². The minimum atomic E-state index is -1.02. The summed E-state index contributed by atoms with van der Waals surface area (Å²) >= 11 is 0. The molecule has 0 saturated heterocycles. The van der Waals surface area contributed by atoms with E-state index in [0.717, 1.165) is 32.7 Å². The molecule has 33 heavy (non-hydrogen) atoms. The van der Waals surface area contributed by atoms with E-state index in [2.05, 4.69) is 21.3 Å². The second kappa shape index (κ2) is 8.81. The number of hydrogen-bond donors (Lipinski definition) is 0. The van der Waals surface area contributed by atoms with Crippen LogP contribution >= 0.6 is 0 Å². The Hall–Kier alpha value is -4.09. The van der Waals surface area contributed by atoms with Crippen LogP contribution in [0, 0.1) is 11.3 Å². The summed E-state index contributed by atoms with van der Waals surface area (Å²) in [5.41, 5.74) is 5.18. The van der Waals surface area contributed by atoms with E-state index in [1.165, 1.54) is 0 Å². The molecule has 0 bridgehead atoms. The van der Waals surface area contributed by atoms with Gasteiger partial charge in [-0.05, 0) is 66.6 Å². The van der Waals surface area contributed by atoms with Gasteiger partial charge in [-0.3, -0.25) is 8.78 Å². The molecule has 1 unspecified atom stereocenters. The van der Waals surface area contributed by atoms with E-state index in [0.29, 0.717) is 30.2 Å². The quantitative estimate of drug-likeness (QED) is 0.376. The second-order valence-corrected chi connectivity index (χ2v) is 8.96. The Kier molecular flexibility index (Phi) is 5.55. The third-order valence-corrected chi connectivity index (χ3v) is 6.33. The third kappa shape index (κ3) is 4.31. The van der Waals surface area contributed by atoms with Gasteiger partial charge in [-0.15, -0.1) is 10.2 Å². The van der Waals surface area contributed by atoms with Gasteiger partial charge in [0, 0.05) is 39.6 Å². The van der Waals surface area contributed by atoms with Gasteiger partial charge in [-0.25, -0.2) is 4.98 Å². The molecule has 2 aromatic heterocycles. The summed E-state index contributed by atoms with van der Waals surface area (Å²) in [6.45, 7) is 0. The fraction of sp³-hybridized carbons (Fsp3) is 0.120. The second-order valence-electron chi connectivity index (χ2n) is 7.58. The molecular formula is C25H19N5O2S. The van der Waals surface area contributed by atoms with Crippen molar-refractivity contribution in [2.75, 3.05) is 6.26 Å². The maximum absolute atomic E-state index is 11.7. The monoisotopic (exact) mass is 453 g/mol. The molecule has 3 aromatic carbocycles. The molecule has 0 aliphatic heterocycles. The number of rotatable bonds is 6. The molecule has 0 N–H and O–H groups in total. The maximum atomic E-state index is 11.7. The highest BCUT2D eigenvalue weighted by atomic mass is 32.2. The number of benzene rings is 3. The van der Waals surface area contributed by atoms with E-state index in [-0.39, 0.29) is 0 Å². The largest absolute Gasteiger partial charge is 0.421 e. The first kappa shape index (κ1) is 20.8. The Balaban J connectivity index is 1.39. The molecule has 0 fully saturated rings. The first-order valence-corrected chi connectivity index (χ1v) is 11.9. The minimum Gasteiger partial charge on any atom is -0.421 e. The first-order chi connectivity index (χ1) is 16.1. The van der Waals surface area contributed by atoms with E-state index in [1.54, 1.807) is 18.6 Å². The van der Waals surface area contributed by atoms with Gasteiger partial charge in [0.15, 0.2) is 0 Å². The van der Waals surface area contributed by atoms with E-state index in [4.69, 9.17) is 9.68 Å². The van der Waals surface area contributed by atoms with Gasteiger partial charge >= 0.3 is 0 Å². The fourth-order valence-electron chi connectivity index (χ4n) is 3.66. The number of fused-ring (bicyclic) bond motifs is 1. The summed E-state index contributed by atoms with van der Waals surface area (Å²) in [4.78, 5) is 5.26. The molecule has 5 rings (SSSR count). The van der Waals surface area contributed by atoms with Crippen molar-refractivity contribution in [2.24, 2.45) is 0 Å². The Morgan fingerprint density at radius 3 is 2.67 bits per heavy atom. The molecule has 0 saturated carbocycles. The molecule has 2 heterocycles. The minimum absolute atomic E-state index is 0.446. The van der Waals surface area contributed by atoms with Gasteiger partial charge in [0.1, 0.15) is 6.33 Å². The van der Waals surface area contributed by atoms with Crippen LogP contribution in [0.3, 0.4) is 0 Å². The number of imidazole rings is 1. The summed E-state index contributed by atoms with van der Waals surface area (Å²) in [6.07, 6.45) is 4.73. The van der Waals surface area contributed by atoms with Crippen LogP contribution < -0.4 is 0 Å². The highest BCUT2D eigenvalue weighted by Gasteiger charge is 2.12. The van der Waals surface area contributed by atoms with Gasteiger partial charge in [-0.1, -0.05) is 12.1 Å². The normalized spacial score (nSPS) is 12.0. The number of hydrogen-bond acceptors (Lipinski definition) is 6. The van der Waals surface area contributed by atoms with Crippen molar-refractivity contribution < 1.29 is 8.63 Å². The lowest BCUT2D eigenvalue weighted by Gasteiger charge is -2.06. The summed E-state index contributed by atoms with van der Waals surface area (Å²) in [5, 5.41) is 17.5. The molecule has 0 amide bonds.